The first kappa shape index (κ1) is 31.0. The van der Waals surface area contributed by atoms with Crippen molar-refractivity contribution in [3.8, 4) is 11.1 Å². The number of fused-ring (bicyclic) bond motifs is 2. The average Bonchev–Trinajstić information content (AvgIpc) is 3.63. The lowest BCUT2D eigenvalue weighted by Crippen LogP contribution is -2.46. The van der Waals surface area contributed by atoms with Gasteiger partial charge in [0.1, 0.15) is 0 Å². The van der Waals surface area contributed by atoms with Crippen molar-refractivity contribution in [2.45, 2.75) is 81.5 Å². The van der Waals surface area contributed by atoms with E-state index in [0.29, 0.717) is 16.6 Å². The summed E-state index contributed by atoms with van der Waals surface area (Å²) in [4.78, 5) is 42.4. The molecule has 4 aromatic rings. The second-order valence-corrected chi connectivity index (χ2v) is 14.4. The van der Waals surface area contributed by atoms with Gasteiger partial charge in [-0.1, -0.05) is 11.6 Å². The molecule has 2 saturated carbocycles. The van der Waals surface area contributed by atoms with Crippen molar-refractivity contribution in [1.82, 2.24) is 19.4 Å². The number of alkyl halides is 2. The Morgan fingerprint density at radius 2 is 1.87 bits per heavy atom. The minimum absolute atomic E-state index is 0.0533. The zero-order chi connectivity index (χ0) is 32.2. The standard InChI is InChI=1S/C32H32ClF2N5O2S.CH2O2/c33-20-11-19-3-1-9-38(22-14-31(37-17-22)6-2-7-31)28(19)25(12-20)24-4-8-36-26-13-23(43-29(24)26)18-40-27(41)5-10-39(30(40)42)21-15-32(34,35)16-21;2-1-3/h4-5,8,10-13,21-22,37H,1-3,6-7,9,14-18H2;1H,(H,2,3)/t22-;/m0./s1. The molecule has 3 fully saturated rings. The molecule has 4 aliphatic rings. The molecule has 1 spiro atoms. The molecule has 1 aromatic carbocycles. The maximum Gasteiger partial charge on any atom is 0.331 e. The molecule has 1 atom stereocenters. The monoisotopic (exact) mass is 669 g/mol. The van der Waals surface area contributed by atoms with Crippen molar-refractivity contribution in [1.29, 1.82) is 0 Å². The number of aryl methyl sites for hydroxylation is 1. The van der Waals surface area contributed by atoms with Gasteiger partial charge in [0.15, 0.2) is 0 Å². The third-order valence-corrected chi connectivity index (χ3v) is 11.4. The summed E-state index contributed by atoms with van der Waals surface area (Å²) in [5, 5.41) is 11.4. The molecule has 46 heavy (non-hydrogen) atoms. The van der Waals surface area contributed by atoms with Crippen LogP contribution in [0.5, 0.6) is 0 Å². The van der Waals surface area contributed by atoms with Gasteiger partial charge in [-0.3, -0.25) is 23.7 Å². The van der Waals surface area contributed by atoms with Crippen LogP contribution in [0.1, 0.15) is 61.4 Å². The zero-order valence-corrected chi connectivity index (χ0v) is 26.6. The normalized spacial score (nSPS) is 21.3. The van der Waals surface area contributed by atoms with E-state index in [4.69, 9.17) is 21.5 Å². The highest BCUT2D eigenvalue weighted by Gasteiger charge is 2.47. The van der Waals surface area contributed by atoms with Gasteiger partial charge < -0.3 is 15.3 Å². The number of rotatable bonds is 5. The molecule has 8 rings (SSSR count). The summed E-state index contributed by atoms with van der Waals surface area (Å²) in [5.74, 6) is -2.76. The Balaban J connectivity index is 0.00000109. The summed E-state index contributed by atoms with van der Waals surface area (Å²) in [5.41, 5.74) is 4.71. The van der Waals surface area contributed by atoms with Crippen LogP contribution in [0.25, 0.3) is 21.3 Å². The van der Waals surface area contributed by atoms with Gasteiger partial charge in [-0.25, -0.2) is 13.6 Å². The summed E-state index contributed by atoms with van der Waals surface area (Å²) in [6.07, 6.45) is 9.39. The van der Waals surface area contributed by atoms with Crippen LogP contribution in [0.4, 0.5) is 14.5 Å². The Labute approximate surface area is 272 Å². The number of hydrogen-bond donors (Lipinski definition) is 2. The van der Waals surface area contributed by atoms with Gasteiger partial charge in [0.05, 0.1) is 16.8 Å². The van der Waals surface area contributed by atoms with Crippen LogP contribution < -0.4 is 21.5 Å². The molecular formula is C33H34ClF2N5O4S. The van der Waals surface area contributed by atoms with E-state index >= 15 is 0 Å². The fourth-order valence-corrected chi connectivity index (χ4v) is 9.03. The van der Waals surface area contributed by atoms with Crippen molar-refractivity contribution in [3.05, 3.63) is 79.0 Å². The molecule has 0 radical (unpaired) electrons. The Bertz CT molecular complexity index is 1930. The van der Waals surface area contributed by atoms with E-state index in [2.05, 4.69) is 27.3 Å². The van der Waals surface area contributed by atoms with Gasteiger partial charge in [0.25, 0.3) is 18.0 Å². The van der Waals surface area contributed by atoms with Crippen molar-refractivity contribution in [2.24, 2.45) is 0 Å². The number of pyridine rings is 1. The van der Waals surface area contributed by atoms with Gasteiger partial charge in [0, 0.05) is 88.7 Å². The van der Waals surface area contributed by atoms with Gasteiger partial charge in [-0.2, -0.15) is 0 Å². The highest BCUT2D eigenvalue weighted by atomic mass is 35.5. The molecule has 1 saturated heterocycles. The molecule has 9 nitrogen and oxygen atoms in total. The van der Waals surface area contributed by atoms with E-state index in [1.165, 1.54) is 58.7 Å². The molecule has 0 bridgehead atoms. The van der Waals surface area contributed by atoms with Crippen LogP contribution in [0.15, 0.2) is 52.3 Å². The molecule has 0 amide bonds. The number of carbonyl (C=O) groups is 1. The number of benzene rings is 1. The summed E-state index contributed by atoms with van der Waals surface area (Å²) >= 11 is 8.23. The van der Waals surface area contributed by atoms with Gasteiger partial charge in [0.2, 0.25) is 0 Å². The number of thiophene rings is 1. The molecular weight excluding hydrogens is 636 g/mol. The zero-order valence-electron chi connectivity index (χ0n) is 25.1. The van der Waals surface area contributed by atoms with Crippen LogP contribution in [0.2, 0.25) is 5.02 Å². The van der Waals surface area contributed by atoms with Gasteiger partial charge in [-0.15, -0.1) is 11.3 Å². The Kier molecular flexibility index (Phi) is 8.01. The lowest BCUT2D eigenvalue weighted by molar-refractivity contribution is -0.122. The van der Waals surface area contributed by atoms with Crippen LogP contribution in [-0.2, 0) is 17.8 Å². The van der Waals surface area contributed by atoms with E-state index in [0.717, 1.165) is 63.1 Å². The van der Waals surface area contributed by atoms with Crippen LogP contribution in [0, 0.1) is 0 Å². The van der Waals surface area contributed by atoms with Crippen LogP contribution in [-0.4, -0.2) is 56.3 Å². The van der Waals surface area contributed by atoms with Crippen molar-refractivity contribution < 1.29 is 18.7 Å². The molecule has 5 heterocycles. The number of hydrogen-bond acceptors (Lipinski definition) is 7. The lowest BCUT2D eigenvalue weighted by atomic mass is 9.75. The summed E-state index contributed by atoms with van der Waals surface area (Å²) < 4.78 is 30.4. The van der Waals surface area contributed by atoms with Gasteiger partial charge in [-0.05, 0) is 68.4 Å². The number of nitrogens with one attached hydrogen (secondary N) is 1. The Hall–Kier alpha value is -3.61. The predicted octanol–water partition coefficient (Wildman–Crippen LogP) is 5.70. The average molecular weight is 670 g/mol. The first-order chi connectivity index (χ1) is 22.1. The SMILES string of the molecule is O=CO.O=c1ccn(C2CC(F)(F)C2)c(=O)n1Cc1cc2nccc(-c3cc(Cl)cc4c3N([C@@H]3CNC5(CCC5)C3)CCC4)c2s1. The van der Waals surface area contributed by atoms with Crippen molar-refractivity contribution in [3.63, 3.8) is 0 Å². The summed E-state index contributed by atoms with van der Waals surface area (Å²) in [6, 6.07) is 9.22. The largest absolute Gasteiger partial charge is 0.483 e. The van der Waals surface area contributed by atoms with Crippen LogP contribution in [0.3, 0.4) is 0 Å². The van der Waals surface area contributed by atoms with Crippen LogP contribution >= 0.6 is 22.9 Å². The summed E-state index contributed by atoms with van der Waals surface area (Å²) in [6.45, 7) is 1.79. The molecule has 2 aliphatic carbocycles. The van der Waals surface area contributed by atoms with E-state index in [-0.39, 0.29) is 25.9 Å². The highest BCUT2D eigenvalue weighted by Crippen LogP contribution is 2.47. The third-order valence-electron chi connectivity index (χ3n) is 10.0. The third kappa shape index (κ3) is 5.54. The smallest absolute Gasteiger partial charge is 0.331 e. The van der Waals surface area contributed by atoms with Crippen molar-refractivity contribution in [2.75, 3.05) is 18.0 Å². The summed E-state index contributed by atoms with van der Waals surface area (Å²) in [7, 11) is 0. The molecule has 13 heteroatoms. The molecule has 0 unspecified atom stereocenters. The number of halogens is 3. The molecule has 242 valence electrons. The Morgan fingerprint density at radius 1 is 1.09 bits per heavy atom. The Morgan fingerprint density at radius 3 is 2.57 bits per heavy atom. The lowest BCUT2D eigenvalue weighted by Gasteiger charge is -2.41. The number of nitrogens with zero attached hydrogens (tertiary/aromatic N) is 4. The van der Waals surface area contributed by atoms with Crippen molar-refractivity contribution >= 4 is 45.3 Å². The van der Waals surface area contributed by atoms with E-state index < -0.39 is 23.2 Å². The van der Waals surface area contributed by atoms with Gasteiger partial charge >= 0.3 is 5.69 Å². The second-order valence-electron chi connectivity index (χ2n) is 12.9. The molecule has 3 aromatic heterocycles. The minimum Gasteiger partial charge on any atom is -0.483 e. The highest BCUT2D eigenvalue weighted by molar-refractivity contribution is 7.19. The quantitative estimate of drug-likeness (QED) is 0.263. The topological polar surface area (TPSA) is 109 Å². The minimum atomic E-state index is -2.76. The fraction of sp³-hybridized carbons (Fsp3) is 0.455. The second kappa shape index (κ2) is 11.9. The first-order valence-corrected chi connectivity index (χ1v) is 16.8. The first-order valence-electron chi connectivity index (χ1n) is 15.6. The predicted molar refractivity (Wildman–Crippen MR) is 175 cm³/mol. The molecule has 2 aliphatic heterocycles. The fourth-order valence-electron chi connectivity index (χ4n) is 7.66. The number of anilines is 1. The maximum atomic E-state index is 13.5. The van der Waals surface area contributed by atoms with E-state index in [9.17, 15) is 18.4 Å². The van der Waals surface area contributed by atoms with E-state index in [1.54, 1.807) is 6.20 Å². The molecule has 2 N–H and O–H groups in total. The number of carboxylic acid groups (broad SMARTS) is 1. The maximum absolute atomic E-state index is 13.5. The number of aromatic nitrogens is 3. The van der Waals surface area contributed by atoms with E-state index in [1.807, 2.05) is 12.1 Å².